The van der Waals surface area contributed by atoms with Crippen molar-refractivity contribution >= 4 is 41.5 Å². The number of nitrogens with zero attached hydrogens (tertiary/aromatic N) is 1. The molecule has 0 aromatic heterocycles. The van der Waals surface area contributed by atoms with Crippen LogP contribution < -0.4 is 10.2 Å². The van der Waals surface area contributed by atoms with Crippen molar-refractivity contribution in [2.24, 2.45) is 5.10 Å². The quantitative estimate of drug-likeness (QED) is 0.393. The molecule has 0 aliphatic heterocycles. The van der Waals surface area contributed by atoms with Crippen LogP contribution in [0.1, 0.15) is 11.1 Å². The summed E-state index contributed by atoms with van der Waals surface area (Å²) in [6.07, 6.45) is 1.50. The van der Waals surface area contributed by atoms with Gasteiger partial charge in [-0.15, -0.1) is 11.8 Å². The van der Waals surface area contributed by atoms with E-state index in [2.05, 4.69) is 15.3 Å². The fraction of sp³-hybridized carbons (Fsp3) is 0.211. The Kier molecular flexibility index (Phi) is 8.67. The summed E-state index contributed by atoms with van der Waals surface area (Å²) in [7, 11) is 1.30. The third-order valence-electron chi connectivity index (χ3n) is 3.24. The molecule has 0 spiro atoms. The van der Waals surface area contributed by atoms with Crippen LogP contribution in [0.4, 0.5) is 0 Å². The maximum atomic E-state index is 11.8. The summed E-state index contributed by atoms with van der Waals surface area (Å²) in [4.78, 5) is 22.9. The number of amides is 1. The second-order valence-electron chi connectivity index (χ2n) is 5.35. The molecule has 0 heterocycles. The van der Waals surface area contributed by atoms with Gasteiger partial charge in [-0.1, -0.05) is 35.9 Å². The summed E-state index contributed by atoms with van der Waals surface area (Å²) in [5.41, 5.74) is 4.27. The van der Waals surface area contributed by atoms with Gasteiger partial charge < -0.3 is 9.47 Å². The van der Waals surface area contributed by atoms with E-state index in [0.29, 0.717) is 16.5 Å². The van der Waals surface area contributed by atoms with E-state index < -0.39 is 5.97 Å². The Morgan fingerprint density at radius 1 is 1.22 bits per heavy atom. The highest BCUT2D eigenvalue weighted by atomic mass is 35.5. The minimum absolute atomic E-state index is 0.169. The lowest BCUT2D eigenvalue weighted by Gasteiger charge is -2.05. The number of esters is 1. The number of hydrazone groups is 1. The van der Waals surface area contributed by atoms with E-state index in [9.17, 15) is 9.59 Å². The normalized spacial score (nSPS) is 10.6. The lowest BCUT2D eigenvalue weighted by Crippen LogP contribution is -2.19. The van der Waals surface area contributed by atoms with E-state index in [0.717, 1.165) is 11.1 Å². The number of halogens is 1. The number of nitrogens with one attached hydrogen (secondary N) is 1. The van der Waals surface area contributed by atoms with Gasteiger partial charge in [-0.2, -0.15) is 5.10 Å². The van der Waals surface area contributed by atoms with Gasteiger partial charge in [0.25, 0.3) is 0 Å². The Morgan fingerprint density at radius 3 is 2.81 bits per heavy atom. The number of thioether (sulfide) groups is 1. The number of ether oxygens (including phenoxy) is 2. The molecule has 0 radical (unpaired) electrons. The molecule has 6 nitrogen and oxygen atoms in total. The second kappa shape index (κ2) is 11.3. The van der Waals surface area contributed by atoms with Crippen molar-refractivity contribution in [2.75, 3.05) is 19.5 Å². The molecule has 2 aromatic carbocycles. The van der Waals surface area contributed by atoms with Crippen molar-refractivity contribution < 1.29 is 19.1 Å². The summed E-state index contributed by atoms with van der Waals surface area (Å²) in [5, 5.41) is 4.61. The summed E-state index contributed by atoms with van der Waals surface area (Å²) in [5.74, 6) is 0.824. The first-order chi connectivity index (χ1) is 13.1. The molecule has 0 fully saturated rings. The number of hydrogen-bond acceptors (Lipinski definition) is 6. The van der Waals surface area contributed by atoms with Crippen LogP contribution in [0.2, 0.25) is 5.02 Å². The fourth-order valence-electron chi connectivity index (χ4n) is 1.99. The molecule has 2 rings (SSSR count). The van der Waals surface area contributed by atoms with Gasteiger partial charge >= 0.3 is 5.97 Å². The minimum atomic E-state index is -0.461. The van der Waals surface area contributed by atoms with Gasteiger partial charge in [-0.3, -0.25) is 4.79 Å². The molecule has 0 saturated carbocycles. The highest BCUT2D eigenvalue weighted by Crippen LogP contribution is 2.16. The van der Waals surface area contributed by atoms with Gasteiger partial charge in [-0.25, -0.2) is 10.2 Å². The number of methoxy groups -OCH3 is 1. The van der Waals surface area contributed by atoms with Crippen LogP contribution in [-0.4, -0.2) is 37.6 Å². The molecule has 1 amide bonds. The van der Waals surface area contributed by atoms with Crippen LogP contribution in [0.15, 0.2) is 53.6 Å². The van der Waals surface area contributed by atoms with E-state index in [4.69, 9.17) is 16.3 Å². The van der Waals surface area contributed by atoms with Gasteiger partial charge in [0.2, 0.25) is 5.91 Å². The summed E-state index contributed by atoms with van der Waals surface area (Å²) in [6, 6.07) is 14.5. The number of carbonyl (C=O) groups is 2. The molecule has 2 aromatic rings. The second-order valence-corrected chi connectivity index (χ2v) is 6.78. The van der Waals surface area contributed by atoms with E-state index in [1.165, 1.54) is 25.1 Å². The highest BCUT2D eigenvalue weighted by Gasteiger charge is 2.03. The molecule has 27 heavy (non-hydrogen) atoms. The lowest BCUT2D eigenvalue weighted by atomic mass is 10.2. The minimum Gasteiger partial charge on any atom is -0.482 e. The summed E-state index contributed by atoms with van der Waals surface area (Å²) in [6.45, 7) is -0.169. The third kappa shape index (κ3) is 8.15. The molecule has 0 unspecified atom stereocenters. The van der Waals surface area contributed by atoms with Crippen molar-refractivity contribution in [2.45, 2.75) is 5.75 Å². The molecule has 142 valence electrons. The summed E-state index contributed by atoms with van der Waals surface area (Å²) >= 11 is 7.40. The van der Waals surface area contributed by atoms with Crippen molar-refractivity contribution in [1.82, 2.24) is 5.43 Å². The van der Waals surface area contributed by atoms with Crippen LogP contribution >= 0.6 is 23.4 Å². The molecule has 0 aliphatic rings. The van der Waals surface area contributed by atoms with Crippen LogP contribution in [0, 0.1) is 0 Å². The van der Waals surface area contributed by atoms with Gasteiger partial charge in [0.05, 0.1) is 19.1 Å². The van der Waals surface area contributed by atoms with Crippen LogP contribution in [0.3, 0.4) is 0 Å². The zero-order chi connectivity index (χ0) is 19.5. The van der Waals surface area contributed by atoms with Gasteiger partial charge in [0.1, 0.15) is 5.75 Å². The number of rotatable bonds is 9. The zero-order valence-electron chi connectivity index (χ0n) is 14.7. The molecule has 1 N–H and O–H groups in total. The maximum Gasteiger partial charge on any atom is 0.343 e. The highest BCUT2D eigenvalue weighted by molar-refractivity contribution is 7.99. The predicted octanol–water partition coefficient (Wildman–Crippen LogP) is 3.28. The SMILES string of the molecule is COC(=O)COc1cccc(C=NNC(=O)CSCc2cccc(Cl)c2)c1. The Hall–Kier alpha value is -2.51. The van der Waals surface area contributed by atoms with E-state index in [1.54, 1.807) is 24.3 Å². The first-order valence-electron chi connectivity index (χ1n) is 8.00. The maximum absolute atomic E-state index is 11.8. The van der Waals surface area contributed by atoms with E-state index >= 15 is 0 Å². The Labute approximate surface area is 166 Å². The lowest BCUT2D eigenvalue weighted by molar-refractivity contribution is -0.142. The van der Waals surface area contributed by atoms with Gasteiger partial charge in [-0.05, 0) is 35.4 Å². The molecule has 0 bridgehead atoms. The summed E-state index contributed by atoms with van der Waals surface area (Å²) < 4.78 is 9.81. The number of carbonyl (C=O) groups excluding carboxylic acids is 2. The number of benzene rings is 2. The molecule has 8 heteroatoms. The van der Waals surface area contributed by atoms with Crippen LogP contribution in [0.5, 0.6) is 5.75 Å². The van der Waals surface area contributed by atoms with Crippen molar-refractivity contribution in [3.63, 3.8) is 0 Å². The first-order valence-corrected chi connectivity index (χ1v) is 9.54. The van der Waals surface area contributed by atoms with Gasteiger partial charge in [0.15, 0.2) is 6.61 Å². The third-order valence-corrected chi connectivity index (χ3v) is 4.48. The molecule has 0 saturated heterocycles. The zero-order valence-corrected chi connectivity index (χ0v) is 16.3. The number of hydrogen-bond donors (Lipinski definition) is 1. The van der Waals surface area contributed by atoms with Gasteiger partial charge in [0, 0.05) is 10.8 Å². The first kappa shape index (κ1) is 20.8. The van der Waals surface area contributed by atoms with Crippen molar-refractivity contribution in [1.29, 1.82) is 0 Å². The molecule has 0 atom stereocenters. The average molecular weight is 407 g/mol. The van der Waals surface area contributed by atoms with E-state index in [-0.39, 0.29) is 18.3 Å². The standard InChI is InChI=1S/C19H19ClN2O4S/c1-25-19(24)11-26-17-7-3-4-14(9-17)10-21-22-18(23)13-27-12-15-5-2-6-16(20)8-15/h2-10H,11-13H2,1H3,(H,22,23). The molecule has 0 aliphatic carbocycles. The monoisotopic (exact) mass is 406 g/mol. The Morgan fingerprint density at radius 2 is 2.04 bits per heavy atom. The Balaban J connectivity index is 1.74. The van der Waals surface area contributed by atoms with E-state index in [1.807, 2.05) is 24.3 Å². The Bertz CT molecular complexity index is 814. The predicted molar refractivity (Wildman–Crippen MR) is 107 cm³/mol. The topological polar surface area (TPSA) is 77.0 Å². The largest absolute Gasteiger partial charge is 0.482 e. The molecular formula is C19H19ClN2O4S. The average Bonchev–Trinajstić information content (AvgIpc) is 2.66. The van der Waals surface area contributed by atoms with Crippen LogP contribution in [0.25, 0.3) is 0 Å². The van der Waals surface area contributed by atoms with Crippen molar-refractivity contribution in [3.05, 3.63) is 64.7 Å². The fourth-order valence-corrected chi connectivity index (χ4v) is 2.97. The molecular weight excluding hydrogens is 388 g/mol. The van der Waals surface area contributed by atoms with Crippen molar-refractivity contribution in [3.8, 4) is 5.75 Å². The van der Waals surface area contributed by atoms with Crippen LogP contribution in [-0.2, 0) is 20.1 Å². The smallest absolute Gasteiger partial charge is 0.343 e.